The van der Waals surface area contributed by atoms with Crippen molar-refractivity contribution >= 4 is 22.9 Å². The predicted molar refractivity (Wildman–Crippen MR) is 52.3 cm³/mol. The number of nitrogens with zero attached hydrogens (tertiary/aromatic N) is 1. The van der Waals surface area contributed by atoms with Gasteiger partial charge in [0.15, 0.2) is 0 Å². The standard InChI is InChI=1S/C9H10N2OS/c1-2-7(5-10)9(12)11-8-3-4-13-6-8/h3-4,6-7H,2H2,1H3,(H,11,12). The molecule has 0 radical (unpaired) electrons. The summed E-state index contributed by atoms with van der Waals surface area (Å²) >= 11 is 1.51. The van der Waals surface area contributed by atoms with Crippen LogP contribution in [-0.2, 0) is 4.79 Å². The Morgan fingerprint density at radius 3 is 3.08 bits per heavy atom. The van der Waals surface area contributed by atoms with Crippen LogP contribution in [0.2, 0.25) is 0 Å². The molecule has 13 heavy (non-hydrogen) atoms. The Morgan fingerprint density at radius 1 is 1.85 bits per heavy atom. The van der Waals surface area contributed by atoms with E-state index >= 15 is 0 Å². The molecular weight excluding hydrogens is 184 g/mol. The summed E-state index contributed by atoms with van der Waals surface area (Å²) in [4.78, 5) is 11.3. The molecule has 1 heterocycles. The van der Waals surface area contributed by atoms with Crippen molar-refractivity contribution in [2.75, 3.05) is 5.32 Å². The highest BCUT2D eigenvalue weighted by molar-refractivity contribution is 7.08. The van der Waals surface area contributed by atoms with Crippen LogP contribution in [-0.4, -0.2) is 5.91 Å². The maximum Gasteiger partial charge on any atom is 0.241 e. The first-order valence-corrected chi connectivity index (χ1v) is 4.95. The van der Waals surface area contributed by atoms with Gasteiger partial charge < -0.3 is 5.32 Å². The molecule has 0 aliphatic rings. The number of nitriles is 1. The molecular formula is C9H10N2OS. The van der Waals surface area contributed by atoms with Gasteiger partial charge in [0, 0.05) is 5.38 Å². The van der Waals surface area contributed by atoms with Gasteiger partial charge >= 0.3 is 0 Å². The normalized spacial score (nSPS) is 11.7. The van der Waals surface area contributed by atoms with E-state index in [0.717, 1.165) is 5.69 Å². The zero-order valence-corrected chi connectivity index (χ0v) is 8.10. The van der Waals surface area contributed by atoms with Gasteiger partial charge in [-0.05, 0) is 17.9 Å². The maximum absolute atomic E-state index is 11.3. The molecule has 0 saturated heterocycles. The van der Waals surface area contributed by atoms with E-state index in [-0.39, 0.29) is 5.91 Å². The molecule has 1 amide bonds. The van der Waals surface area contributed by atoms with Crippen molar-refractivity contribution in [1.82, 2.24) is 0 Å². The lowest BCUT2D eigenvalue weighted by molar-refractivity contribution is -0.118. The van der Waals surface area contributed by atoms with Gasteiger partial charge in [-0.15, -0.1) is 0 Å². The highest BCUT2D eigenvalue weighted by Crippen LogP contribution is 2.13. The Morgan fingerprint density at radius 2 is 2.62 bits per heavy atom. The van der Waals surface area contributed by atoms with Gasteiger partial charge in [0.1, 0.15) is 5.92 Å². The van der Waals surface area contributed by atoms with Gasteiger partial charge in [0.05, 0.1) is 11.8 Å². The highest BCUT2D eigenvalue weighted by Gasteiger charge is 2.14. The minimum Gasteiger partial charge on any atom is -0.324 e. The van der Waals surface area contributed by atoms with E-state index in [1.165, 1.54) is 11.3 Å². The Labute approximate surface area is 81.0 Å². The van der Waals surface area contributed by atoms with Gasteiger partial charge in [-0.2, -0.15) is 16.6 Å². The lowest BCUT2D eigenvalue weighted by Crippen LogP contribution is -2.20. The third-order valence-electron chi connectivity index (χ3n) is 1.67. The first-order chi connectivity index (χ1) is 6.27. The number of amides is 1. The number of hydrogen-bond acceptors (Lipinski definition) is 3. The third-order valence-corrected chi connectivity index (χ3v) is 2.35. The van der Waals surface area contributed by atoms with Crippen molar-refractivity contribution in [2.24, 2.45) is 5.92 Å². The second kappa shape index (κ2) is 4.63. The zero-order valence-electron chi connectivity index (χ0n) is 7.28. The second-order valence-corrected chi connectivity index (χ2v) is 3.37. The smallest absolute Gasteiger partial charge is 0.241 e. The molecule has 0 aliphatic carbocycles. The molecule has 0 fully saturated rings. The minimum absolute atomic E-state index is 0.219. The summed E-state index contributed by atoms with van der Waals surface area (Å²) < 4.78 is 0. The quantitative estimate of drug-likeness (QED) is 0.802. The number of carbonyl (C=O) groups excluding carboxylic acids is 1. The van der Waals surface area contributed by atoms with E-state index in [4.69, 9.17) is 5.26 Å². The number of carbonyl (C=O) groups is 1. The van der Waals surface area contributed by atoms with Crippen molar-refractivity contribution in [3.63, 3.8) is 0 Å². The predicted octanol–water partition coefficient (Wildman–Crippen LogP) is 2.24. The molecule has 1 N–H and O–H groups in total. The molecule has 0 aromatic carbocycles. The van der Waals surface area contributed by atoms with Crippen molar-refractivity contribution in [3.05, 3.63) is 16.8 Å². The summed E-state index contributed by atoms with van der Waals surface area (Å²) in [6.45, 7) is 1.82. The Bertz CT molecular complexity index is 313. The number of thiophene rings is 1. The lowest BCUT2D eigenvalue weighted by Gasteiger charge is -2.05. The van der Waals surface area contributed by atoms with Crippen molar-refractivity contribution in [1.29, 1.82) is 5.26 Å². The van der Waals surface area contributed by atoms with Gasteiger partial charge in [-0.1, -0.05) is 6.92 Å². The van der Waals surface area contributed by atoms with Crippen LogP contribution in [0.4, 0.5) is 5.69 Å². The van der Waals surface area contributed by atoms with Crippen LogP contribution in [0.15, 0.2) is 16.8 Å². The van der Waals surface area contributed by atoms with Crippen LogP contribution >= 0.6 is 11.3 Å². The van der Waals surface area contributed by atoms with E-state index < -0.39 is 5.92 Å². The minimum atomic E-state index is -0.542. The molecule has 68 valence electrons. The number of hydrogen-bond donors (Lipinski definition) is 1. The average Bonchev–Trinajstić information content (AvgIpc) is 2.59. The van der Waals surface area contributed by atoms with E-state index in [9.17, 15) is 4.79 Å². The Balaban J connectivity index is 2.56. The fourth-order valence-corrected chi connectivity index (χ4v) is 1.49. The highest BCUT2D eigenvalue weighted by atomic mass is 32.1. The molecule has 0 spiro atoms. The van der Waals surface area contributed by atoms with Gasteiger partial charge in [0.2, 0.25) is 5.91 Å². The molecule has 1 atom stereocenters. The fourth-order valence-electron chi connectivity index (χ4n) is 0.900. The molecule has 1 aromatic rings. The summed E-state index contributed by atoms with van der Waals surface area (Å²) in [5.41, 5.74) is 0.767. The summed E-state index contributed by atoms with van der Waals surface area (Å²) in [7, 11) is 0. The van der Waals surface area contributed by atoms with Gasteiger partial charge in [-0.3, -0.25) is 4.79 Å². The van der Waals surface area contributed by atoms with Crippen molar-refractivity contribution < 1.29 is 4.79 Å². The summed E-state index contributed by atoms with van der Waals surface area (Å²) in [6.07, 6.45) is 0.548. The van der Waals surface area contributed by atoms with E-state index in [1.807, 2.05) is 29.8 Å². The SMILES string of the molecule is CCC(C#N)C(=O)Nc1ccsc1. The first-order valence-electron chi connectivity index (χ1n) is 4.00. The average molecular weight is 194 g/mol. The zero-order chi connectivity index (χ0) is 9.68. The lowest BCUT2D eigenvalue weighted by atomic mass is 10.1. The Kier molecular flexibility index (Phi) is 3.47. The fraction of sp³-hybridized carbons (Fsp3) is 0.333. The molecule has 4 heteroatoms. The monoisotopic (exact) mass is 194 g/mol. The van der Waals surface area contributed by atoms with Gasteiger partial charge in [-0.25, -0.2) is 0 Å². The molecule has 3 nitrogen and oxygen atoms in total. The first kappa shape index (κ1) is 9.75. The summed E-state index contributed by atoms with van der Waals surface area (Å²) in [6, 6.07) is 3.77. The maximum atomic E-state index is 11.3. The topological polar surface area (TPSA) is 52.9 Å². The van der Waals surface area contributed by atoms with Crippen molar-refractivity contribution in [3.8, 4) is 6.07 Å². The van der Waals surface area contributed by atoms with E-state index in [2.05, 4.69) is 5.32 Å². The van der Waals surface area contributed by atoms with E-state index in [1.54, 1.807) is 0 Å². The van der Waals surface area contributed by atoms with Crippen LogP contribution in [0.25, 0.3) is 0 Å². The van der Waals surface area contributed by atoms with Crippen LogP contribution < -0.4 is 5.32 Å². The molecule has 1 unspecified atom stereocenters. The summed E-state index contributed by atoms with van der Waals surface area (Å²) in [5.74, 6) is -0.761. The number of anilines is 1. The van der Waals surface area contributed by atoms with Crippen LogP contribution in [0.1, 0.15) is 13.3 Å². The van der Waals surface area contributed by atoms with Crippen LogP contribution in [0, 0.1) is 17.2 Å². The molecule has 0 bridgehead atoms. The molecule has 0 saturated carbocycles. The van der Waals surface area contributed by atoms with Gasteiger partial charge in [0.25, 0.3) is 0 Å². The largest absolute Gasteiger partial charge is 0.324 e. The number of rotatable bonds is 3. The third kappa shape index (κ3) is 2.56. The van der Waals surface area contributed by atoms with Crippen LogP contribution in [0.3, 0.4) is 0 Å². The van der Waals surface area contributed by atoms with Crippen LogP contribution in [0.5, 0.6) is 0 Å². The second-order valence-electron chi connectivity index (χ2n) is 2.59. The van der Waals surface area contributed by atoms with E-state index in [0.29, 0.717) is 6.42 Å². The number of nitrogens with one attached hydrogen (secondary N) is 1. The molecule has 0 aliphatic heterocycles. The molecule has 1 rings (SSSR count). The van der Waals surface area contributed by atoms with Crippen molar-refractivity contribution in [2.45, 2.75) is 13.3 Å². The Hall–Kier alpha value is -1.34. The molecule has 1 aromatic heterocycles. The summed E-state index contributed by atoms with van der Waals surface area (Å²) in [5, 5.41) is 15.0.